The Morgan fingerprint density at radius 1 is 1.52 bits per heavy atom. The molecule has 0 aromatic heterocycles. The maximum Gasteiger partial charge on any atom is 0.271 e. The van der Waals surface area contributed by atoms with Crippen LogP contribution in [0.4, 0.5) is 5.69 Å². The molecule has 116 valence electrons. The minimum atomic E-state index is -3.89. The van der Waals surface area contributed by atoms with Crippen molar-refractivity contribution in [3.8, 4) is 5.75 Å². The second-order valence-electron chi connectivity index (χ2n) is 4.79. The third-order valence-electron chi connectivity index (χ3n) is 3.48. The van der Waals surface area contributed by atoms with E-state index in [9.17, 15) is 18.5 Å². The minimum Gasteiger partial charge on any atom is -0.495 e. The number of nitro benzene ring substituents is 1. The molecule has 9 heteroatoms. The largest absolute Gasteiger partial charge is 0.495 e. The van der Waals surface area contributed by atoms with Crippen LogP contribution < -0.4 is 4.74 Å². The van der Waals surface area contributed by atoms with Crippen molar-refractivity contribution in [3.05, 3.63) is 28.3 Å². The number of ether oxygens (including phenoxy) is 1. The van der Waals surface area contributed by atoms with Gasteiger partial charge in [-0.05, 0) is 18.4 Å². The molecule has 0 aliphatic carbocycles. The first-order valence-corrected chi connectivity index (χ1v) is 7.77. The highest BCUT2D eigenvalue weighted by atomic mass is 32.2. The minimum absolute atomic E-state index is 0.0630. The first kappa shape index (κ1) is 15.7. The Labute approximate surface area is 122 Å². The van der Waals surface area contributed by atoms with Crippen LogP contribution in [0.5, 0.6) is 5.75 Å². The zero-order valence-electron chi connectivity index (χ0n) is 11.4. The van der Waals surface area contributed by atoms with E-state index in [2.05, 4.69) is 0 Å². The molecule has 1 aliphatic rings. The van der Waals surface area contributed by atoms with Gasteiger partial charge >= 0.3 is 0 Å². The summed E-state index contributed by atoms with van der Waals surface area (Å²) >= 11 is 0. The van der Waals surface area contributed by atoms with Crippen molar-refractivity contribution < 1.29 is 23.2 Å². The van der Waals surface area contributed by atoms with E-state index in [0.29, 0.717) is 6.42 Å². The van der Waals surface area contributed by atoms with Crippen molar-refractivity contribution in [2.45, 2.75) is 11.3 Å². The van der Waals surface area contributed by atoms with Gasteiger partial charge in [-0.3, -0.25) is 10.1 Å². The van der Waals surface area contributed by atoms with Crippen molar-refractivity contribution in [2.75, 3.05) is 26.8 Å². The molecular formula is C12H16N2O6S. The van der Waals surface area contributed by atoms with Crippen LogP contribution in [0.1, 0.15) is 6.42 Å². The van der Waals surface area contributed by atoms with E-state index in [1.165, 1.54) is 23.5 Å². The van der Waals surface area contributed by atoms with E-state index in [1.54, 1.807) is 0 Å². The summed E-state index contributed by atoms with van der Waals surface area (Å²) < 4.78 is 31.4. The third kappa shape index (κ3) is 2.99. The van der Waals surface area contributed by atoms with Crippen LogP contribution in [0, 0.1) is 16.0 Å². The maximum absolute atomic E-state index is 12.6. The number of sulfonamides is 1. The van der Waals surface area contributed by atoms with Gasteiger partial charge in [-0.15, -0.1) is 0 Å². The van der Waals surface area contributed by atoms with Crippen LogP contribution >= 0.6 is 0 Å². The molecule has 0 saturated carbocycles. The summed E-state index contributed by atoms with van der Waals surface area (Å²) in [6.45, 7) is 0.391. The number of aliphatic hydroxyl groups excluding tert-OH is 1. The summed E-state index contributed by atoms with van der Waals surface area (Å²) in [5.74, 6) is -0.0440. The second-order valence-corrected chi connectivity index (χ2v) is 6.70. The molecule has 1 atom stereocenters. The predicted molar refractivity (Wildman–Crippen MR) is 73.6 cm³/mol. The number of rotatable bonds is 5. The van der Waals surface area contributed by atoms with Crippen LogP contribution in [0.25, 0.3) is 0 Å². The molecule has 1 aliphatic heterocycles. The summed E-state index contributed by atoms with van der Waals surface area (Å²) in [6, 6.07) is 3.46. The smallest absolute Gasteiger partial charge is 0.271 e. The second kappa shape index (κ2) is 5.96. The Kier molecular flexibility index (Phi) is 4.45. The van der Waals surface area contributed by atoms with Crippen LogP contribution in [-0.2, 0) is 10.0 Å². The zero-order chi connectivity index (χ0) is 15.6. The van der Waals surface area contributed by atoms with Crippen LogP contribution in [0.2, 0.25) is 0 Å². The third-order valence-corrected chi connectivity index (χ3v) is 5.37. The number of non-ortho nitro benzene ring substituents is 1. The highest BCUT2D eigenvalue weighted by Crippen LogP contribution is 2.32. The van der Waals surface area contributed by atoms with E-state index in [-0.39, 0.29) is 41.9 Å². The van der Waals surface area contributed by atoms with Crippen molar-refractivity contribution >= 4 is 15.7 Å². The predicted octanol–water partition coefficient (Wildman–Crippen LogP) is 0.606. The number of aliphatic hydroxyl groups is 1. The monoisotopic (exact) mass is 316 g/mol. The van der Waals surface area contributed by atoms with Crippen molar-refractivity contribution in [2.24, 2.45) is 5.92 Å². The molecule has 8 nitrogen and oxygen atoms in total. The lowest BCUT2D eigenvalue weighted by atomic mass is 10.1. The van der Waals surface area contributed by atoms with Gasteiger partial charge in [-0.25, -0.2) is 8.42 Å². The number of nitro groups is 1. The standard InChI is InChI=1S/C12H16N2O6S/c1-20-11-3-2-10(14(16)17)6-12(11)21(18,19)13-5-4-9(7-13)8-15/h2-3,6,9,15H,4-5,7-8H2,1H3. The quantitative estimate of drug-likeness (QED) is 0.629. The molecule has 1 saturated heterocycles. The average Bonchev–Trinajstić information content (AvgIpc) is 2.96. The van der Waals surface area contributed by atoms with Gasteiger partial charge < -0.3 is 9.84 Å². The van der Waals surface area contributed by atoms with Crippen molar-refractivity contribution in [1.29, 1.82) is 0 Å². The van der Waals surface area contributed by atoms with Gasteiger partial charge in [0.15, 0.2) is 0 Å². The Balaban J connectivity index is 2.43. The van der Waals surface area contributed by atoms with E-state index in [0.717, 1.165) is 6.07 Å². The van der Waals surface area contributed by atoms with Gasteiger partial charge in [-0.1, -0.05) is 0 Å². The maximum atomic E-state index is 12.6. The Hall–Kier alpha value is -1.71. The van der Waals surface area contributed by atoms with Gasteiger partial charge in [0.2, 0.25) is 10.0 Å². The van der Waals surface area contributed by atoms with E-state index in [1.807, 2.05) is 0 Å². The summed E-state index contributed by atoms with van der Waals surface area (Å²) in [4.78, 5) is 9.94. The normalized spacial score (nSPS) is 19.6. The van der Waals surface area contributed by atoms with Gasteiger partial charge in [0.05, 0.1) is 12.0 Å². The SMILES string of the molecule is COc1ccc([N+](=O)[O-])cc1S(=O)(=O)N1CCC(CO)C1. The lowest BCUT2D eigenvalue weighted by Gasteiger charge is -2.18. The van der Waals surface area contributed by atoms with E-state index in [4.69, 9.17) is 9.84 Å². The fraction of sp³-hybridized carbons (Fsp3) is 0.500. The summed E-state index contributed by atoms with van der Waals surface area (Å²) in [6.07, 6.45) is 0.562. The first-order chi connectivity index (χ1) is 9.90. The fourth-order valence-electron chi connectivity index (χ4n) is 2.28. The average molecular weight is 316 g/mol. The van der Waals surface area contributed by atoms with Gasteiger partial charge in [0.25, 0.3) is 5.69 Å². The summed E-state index contributed by atoms with van der Waals surface area (Å²) in [5, 5.41) is 19.9. The lowest BCUT2D eigenvalue weighted by molar-refractivity contribution is -0.385. The number of hydrogen-bond acceptors (Lipinski definition) is 6. The Bertz CT molecular complexity index is 645. The molecule has 1 aromatic carbocycles. The number of nitrogens with zero attached hydrogens (tertiary/aromatic N) is 2. The van der Waals surface area contributed by atoms with Crippen LogP contribution in [-0.4, -0.2) is 49.6 Å². The molecule has 21 heavy (non-hydrogen) atoms. The zero-order valence-corrected chi connectivity index (χ0v) is 12.2. The van der Waals surface area contributed by atoms with Gasteiger partial charge in [0, 0.05) is 31.8 Å². The molecule has 1 N–H and O–H groups in total. The van der Waals surface area contributed by atoms with E-state index < -0.39 is 14.9 Å². The topological polar surface area (TPSA) is 110 Å². The fourth-order valence-corrected chi connectivity index (χ4v) is 3.99. The number of methoxy groups -OCH3 is 1. The van der Waals surface area contributed by atoms with Crippen molar-refractivity contribution in [1.82, 2.24) is 4.31 Å². The Morgan fingerprint density at radius 2 is 2.24 bits per heavy atom. The number of hydrogen-bond donors (Lipinski definition) is 1. The molecule has 0 radical (unpaired) electrons. The highest BCUT2D eigenvalue weighted by molar-refractivity contribution is 7.89. The molecular weight excluding hydrogens is 300 g/mol. The van der Waals surface area contributed by atoms with Crippen LogP contribution in [0.15, 0.2) is 23.1 Å². The molecule has 2 rings (SSSR count). The number of benzene rings is 1. The highest BCUT2D eigenvalue weighted by Gasteiger charge is 2.34. The molecule has 1 heterocycles. The molecule has 1 aromatic rings. The van der Waals surface area contributed by atoms with Crippen LogP contribution in [0.3, 0.4) is 0 Å². The van der Waals surface area contributed by atoms with E-state index >= 15 is 0 Å². The van der Waals surface area contributed by atoms with Gasteiger partial charge in [0.1, 0.15) is 10.6 Å². The first-order valence-electron chi connectivity index (χ1n) is 6.33. The van der Waals surface area contributed by atoms with Crippen molar-refractivity contribution in [3.63, 3.8) is 0 Å². The molecule has 1 fully saturated rings. The molecule has 1 unspecified atom stereocenters. The lowest BCUT2D eigenvalue weighted by Crippen LogP contribution is -2.29. The molecule has 0 amide bonds. The molecule has 0 spiro atoms. The Morgan fingerprint density at radius 3 is 2.76 bits per heavy atom. The molecule has 0 bridgehead atoms. The van der Waals surface area contributed by atoms with Gasteiger partial charge in [-0.2, -0.15) is 4.31 Å². The summed E-state index contributed by atoms with van der Waals surface area (Å²) in [5.41, 5.74) is -0.313. The summed E-state index contributed by atoms with van der Waals surface area (Å²) in [7, 11) is -2.58.